The summed E-state index contributed by atoms with van der Waals surface area (Å²) in [5.41, 5.74) is 9.09. The van der Waals surface area contributed by atoms with Gasteiger partial charge < -0.3 is 15.2 Å². The average Bonchev–Trinajstić information content (AvgIpc) is 2.92. The topological polar surface area (TPSA) is 67.8 Å². The van der Waals surface area contributed by atoms with Gasteiger partial charge in [0.25, 0.3) is 0 Å². The van der Waals surface area contributed by atoms with Crippen molar-refractivity contribution in [2.75, 3.05) is 5.73 Å². The quantitative estimate of drug-likeness (QED) is 0.696. The van der Waals surface area contributed by atoms with Crippen LogP contribution in [0.25, 0.3) is 22.2 Å². The minimum atomic E-state index is 0.114. The molecule has 0 radical (unpaired) electrons. The highest BCUT2D eigenvalue weighted by molar-refractivity contribution is 5.95. The normalized spacial score (nSPS) is 12.2. The molecule has 0 atom stereocenters. The maximum atomic E-state index is 5.61. The fourth-order valence-electron chi connectivity index (χ4n) is 2.21. The lowest BCUT2D eigenvalue weighted by Crippen LogP contribution is -2.10. The van der Waals surface area contributed by atoms with Crippen LogP contribution in [0.5, 0.6) is 0 Å². The highest BCUT2D eigenvalue weighted by Gasteiger charge is 2.17. The first-order valence-corrected chi connectivity index (χ1v) is 6.29. The molecule has 1 aromatic carbocycles. The maximum absolute atomic E-state index is 5.61. The molecule has 0 aliphatic carbocycles. The summed E-state index contributed by atoms with van der Waals surface area (Å²) in [6.45, 7) is 6.60. The second kappa shape index (κ2) is 3.88. The van der Waals surface area contributed by atoms with Crippen molar-refractivity contribution in [3.63, 3.8) is 0 Å². The van der Waals surface area contributed by atoms with E-state index in [2.05, 4.69) is 49.1 Å². The molecule has 2 aromatic heterocycles. The summed E-state index contributed by atoms with van der Waals surface area (Å²) < 4.78 is 5.25. The number of aromatic nitrogens is 2. The summed E-state index contributed by atoms with van der Waals surface area (Å²) in [6.07, 6.45) is 1.93. The van der Waals surface area contributed by atoms with Crippen LogP contribution in [0.15, 0.2) is 35.0 Å². The Balaban J connectivity index is 2.21. The number of hydrogen-bond donors (Lipinski definition) is 2. The Morgan fingerprint density at radius 3 is 2.63 bits per heavy atom. The number of hydrogen-bond acceptors (Lipinski definition) is 3. The highest BCUT2D eigenvalue weighted by atomic mass is 16.5. The number of rotatable bonds is 1. The largest absolute Gasteiger partial charge is 0.381 e. The Bertz CT molecular complexity index is 731. The van der Waals surface area contributed by atoms with E-state index < -0.39 is 0 Å². The molecule has 4 nitrogen and oxygen atoms in total. The van der Waals surface area contributed by atoms with Crippen molar-refractivity contribution in [3.8, 4) is 11.3 Å². The van der Waals surface area contributed by atoms with Gasteiger partial charge in [0.2, 0.25) is 0 Å². The van der Waals surface area contributed by atoms with E-state index in [4.69, 9.17) is 10.3 Å². The van der Waals surface area contributed by atoms with Crippen LogP contribution in [0.2, 0.25) is 0 Å². The summed E-state index contributed by atoms with van der Waals surface area (Å²) in [6, 6.07) is 8.18. The second-order valence-corrected chi connectivity index (χ2v) is 5.83. The smallest absolute Gasteiger partial charge is 0.171 e. The van der Waals surface area contributed by atoms with E-state index in [0.29, 0.717) is 11.6 Å². The molecule has 98 valence electrons. The molecule has 3 aromatic rings. The van der Waals surface area contributed by atoms with Crippen molar-refractivity contribution < 1.29 is 4.52 Å². The van der Waals surface area contributed by atoms with E-state index >= 15 is 0 Å². The minimum Gasteiger partial charge on any atom is -0.381 e. The second-order valence-electron chi connectivity index (χ2n) is 5.83. The van der Waals surface area contributed by atoms with Crippen LogP contribution >= 0.6 is 0 Å². The number of benzene rings is 1. The monoisotopic (exact) mass is 255 g/mol. The molecule has 3 rings (SSSR count). The molecule has 3 N–H and O–H groups in total. The Kier molecular flexibility index (Phi) is 2.42. The zero-order valence-electron chi connectivity index (χ0n) is 11.3. The lowest BCUT2D eigenvalue weighted by atomic mass is 9.86. The van der Waals surface area contributed by atoms with E-state index in [1.807, 2.05) is 6.20 Å². The van der Waals surface area contributed by atoms with Crippen molar-refractivity contribution in [2.45, 2.75) is 26.2 Å². The van der Waals surface area contributed by atoms with Crippen LogP contribution in [0.1, 0.15) is 26.3 Å². The third-order valence-electron chi connectivity index (χ3n) is 3.34. The number of H-pyrrole nitrogens is 1. The number of anilines is 1. The predicted molar refractivity (Wildman–Crippen MR) is 76.9 cm³/mol. The van der Waals surface area contributed by atoms with Crippen molar-refractivity contribution in [3.05, 3.63) is 36.0 Å². The van der Waals surface area contributed by atoms with Gasteiger partial charge in [-0.1, -0.05) is 32.0 Å². The van der Waals surface area contributed by atoms with Gasteiger partial charge in [-0.05, 0) is 23.1 Å². The van der Waals surface area contributed by atoms with Crippen LogP contribution in [0, 0.1) is 0 Å². The first-order chi connectivity index (χ1) is 8.95. The van der Waals surface area contributed by atoms with Gasteiger partial charge in [-0.15, -0.1) is 0 Å². The number of fused-ring (bicyclic) bond motifs is 1. The summed E-state index contributed by atoms with van der Waals surface area (Å²) in [5.74, 6) is 1.09. The summed E-state index contributed by atoms with van der Waals surface area (Å²) in [7, 11) is 0. The van der Waals surface area contributed by atoms with E-state index in [9.17, 15) is 0 Å². The molecule has 0 fully saturated rings. The van der Waals surface area contributed by atoms with Crippen LogP contribution in [-0.2, 0) is 5.41 Å². The van der Waals surface area contributed by atoms with Crippen molar-refractivity contribution in [1.82, 2.24) is 10.1 Å². The molecule has 0 aliphatic rings. The van der Waals surface area contributed by atoms with Crippen LogP contribution in [-0.4, -0.2) is 10.1 Å². The average molecular weight is 255 g/mol. The Hall–Kier alpha value is -2.23. The fourth-order valence-corrected chi connectivity index (χ4v) is 2.21. The molecule has 0 unspecified atom stereocenters. The summed E-state index contributed by atoms with van der Waals surface area (Å²) in [5, 5.41) is 4.87. The van der Waals surface area contributed by atoms with Crippen LogP contribution in [0.4, 0.5) is 5.82 Å². The van der Waals surface area contributed by atoms with Gasteiger partial charge in [0.15, 0.2) is 11.6 Å². The van der Waals surface area contributed by atoms with Crippen molar-refractivity contribution in [1.29, 1.82) is 0 Å². The number of nitrogens with zero attached hydrogens (tertiary/aromatic N) is 1. The van der Waals surface area contributed by atoms with Crippen LogP contribution < -0.4 is 5.73 Å². The standard InChI is InChI=1S/C15H17N3O/c1-15(2,3)9-4-5-12-10(6-9)11(8-17-12)13-7-14(16)18-19-13/h4-8,17H,1-3H3,(H2,16,18). The van der Waals surface area contributed by atoms with Gasteiger partial charge in [0.1, 0.15) is 0 Å². The third-order valence-corrected chi connectivity index (χ3v) is 3.34. The van der Waals surface area contributed by atoms with Gasteiger partial charge in [0, 0.05) is 28.7 Å². The molecule has 0 saturated carbocycles. The SMILES string of the molecule is CC(C)(C)c1ccc2[nH]cc(-c3cc(N)no3)c2c1. The van der Waals surface area contributed by atoms with Gasteiger partial charge in [-0.3, -0.25) is 0 Å². The molecule has 0 spiro atoms. The molecular weight excluding hydrogens is 238 g/mol. The molecule has 2 heterocycles. The third kappa shape index (κ3) is 1.99. The zero-order valence-corrected chi connectivity index (χ0v) is 11.3. The lowest BCUT2D eigenvalue weighted by Gasteiger charge is -2.19. The first-order valence-electron chi connectivity index (χ1n) is 6.29. The van der Waals surface area contributed by atoms with Gasteiger partial charge >= 0.3 is 0 Å². The number of nitrogens with one attached hydrogen (secondary N) is 1. The van der Waals surface area contributed by atoms with Crippen molar-refractivity contribution in [2.24, 2.45) is 0 Å². The summed E-state index contributed by atoms with van der Waals surface area (Å²) >= 11 is 0. The summed E-state index contributed by atoms with van der Waals surface area (Å²) in [4.78, 5) is 3.25. The molecule has 0 saturated heterocycles. The molecule has 19 heavy (non-hydrogen) atoms. The predicted octanol–water partition coefficient (Wildman–Crippen LogP) is 3.70. The fraction of sp³-hybridized carbons (Fsp3) is 0.267. The zero-order chi connectivity index (χ0) is 13.6. The maximum Gasteiger partial charge on any atom is 0.171 e. The van der Waals surface area contributed by atoms with Gasteiger partial charge in [-0.25, -0.2) is 0 Å². The Labute approximate surface area is 111 Å². The molecular formula is C15H17N3O. The Morgan fingerprint density at radius 1 is 1.21 bits per heavy atom. The first kappa shape index (κ1) is 11.8. The van der Waals surface area contributed by atoms with E-state index in [0.717, 1.165) is 16.5 Å². The number of nitrogen functional groups attached to an aromatic ring is 1. The van der Waals surface area contributed by atoms with Crippen molar-refractivity contribution >= 4 is 16.7 Å². The molecule has 0 aliphatic heterocycles. The van der Waals surface area contributed by atoms with E-state index in [1.165, 1.54) is 5.56 Å². The number of aromatic amines is 1. The minimum absolute atomic E-state index is 0.114. The van der Waals surface area contributed by atoms with Gasteiger partial charge in [-0.2, -0.15) is 0 Å². The van der Waals surface area contributed by atoms with E-state index in [-0.39, 0.29) is 5.41 Å². The Morgan fingerprint density at radius 2 is 2.00 bits per heavy atom. The highest BCUT2D eigenvalue weighted by Crippen LogP contribution is 2.33. The molecule has 4 heteroatoms. The van der Waals surface area contributed by atoms with Crippen LogP contribution in [0.3, 0.4) is 0 Å². The number of nitrogens with two attached hydrogens (primary N) is 1. The van der Waals surface area contributed by atoms with Gasteiger partial charge in [0.05, 0.1) is 0 Å². The van der Waals surface area contributed by atoms with E-state index in [1.54, 1.807) is 6.07 Å². The molecule has 0 bridgehead atoms. The molecule has 0 amide bonds. The lowest BCUT2D eigenvalue weighted by molar-refractivity contribution is 0.436.